The second kappa shape index (κ2) is 6.37. The summed E-state index contributed by atoms with van der Waals surface area (Å²) in [5.74, 6) is 0.477. The maximum absolute atomic E-state index is 11.9. The number of allylic oxidation sites excluding steroid dienone is 5. The van der Waals surface area contributed by atoms with Crippen LogP contribution in [0.1, 0.15) is 27.7 Å². The molecule has 1 aliphatic carbocycles. The number of amides is 1. The van der Waals surface area contributed by atoms with E-state index >= 15 is 0 Å². The summed E-state index contributed by atoms with van der Waals surface area (Å²) in [6, 6.07) is 0.280. The molecule has 0 aromatic heterocycles. The van der Waals surface area contributed by atoms with E-state index in [-0.39, 0.29) is 18.2 Å². The van der Waals surface area contributed by atoms with Crippen LogP contribution < -0.4 is 0 Å². The molecule has 1 heterocycles. The molecule has 4 nitrogen and oxygen atoms in total. The van der Waals surface area contributed by atoms with Crippen molar-refractivity contribution >= 4 is 6.09 Å². The van der Waals surface area contributed by atoms with Crippen LogP contribution in [0.25, 0.3) is 0 Å². The Morgan fingerprint density at radius 3 is 2.38 bits per heavy atom. The Kier molecular flexibility index (Phi) is 4.76. The highest BCUT2D eigenvalue weighted by Crippen LogP contribution is 2.24. The van der Waals surface area contributed by atoms with E-state index < -0.39 is 0 Å². The molecule has 2 rings (SSSR count). The number of carbonyl (C=O) groups is 1. The number of hydrogen-bond acceptors (Lipinski definition) is 3. The van der Waals surface area contributed by atoms with E-state index in [1.807, 2.05) is 4.90 Å². The first kappa shape index (κ1) is 15.7. The van der Waals surface area contributed by atoms with Crippen LogP contribution in [0.4, 0.5) is 4.79 Å². The topological polar surface area (TPSA) is 32.8 Å². The van der Waals surface area contributed by atoms with Crippen molar-refractivity contribution < 1.29 is 9.53 Å². The van der Waals surface area contributed by atoms with Gasteiger partial charge in [-0.3, -0.25) is 4.90 Å². The summed E-state index contributed by atoms with van der Waals surface area (Å²) in [6.45, 7) is 10.2. The molecule has 0 spiro atoms. The Morgan fingerprint density at radius 1 is 1.19 bits per heavy atom. The Labute approximate surface area is 127 Å². The molecule has 1 amide bonds. The van der Waals surface area contributed by atoms with Gasteiger partial charge in [0, 0.05) is 18.8 Å². The van der Waals surface area contributed by atoms with E-state index in [1.165, 1.54) is 18.4 Å². The third-order valence-electron chi connectivity index (χ3n) is 4.46. The van der Waals surface area contributed by atoms with E-state index in [1.54, 1.807) is 0 Å². The lowest BCUT2D eigenvalue weighted by atomic mass is 10.0. The van der Waals surface area contributed by atoms with Crippen molar-refractivity contribution in [3.05, 3.63) is 35.6 Å². The second-order valence-corrected chi connectivity index (χ2v) is 6.13. The van der Waals surface area contributed by atoms with E-state index in [0.717, 1.165) is 13.1 Å². The van der Waals surface area contributed by atoms with Crippen molar-refractivity contribution in [1.82, 2.24) is 9.80 Å². The summed E-state index contributed by atoms with van der Waals surface area (Å²) in [5, 5.41) is 0. The molecule has 4 heteroatoms. The molecule has 1 fully saturated rings. The Morgan fingerprint density at radius 2 is 1.81 bits per heavy atom. The van der Waals surface area contributed by atoms with Gasteiger partial charge in [-0.25, -0.2) is 4.79 Å². The summed E-state index contributed by atoms with van der Waals surface area (Å²) in [5.41, 5.74) is 2.59. The standard InChI is InChI=1S/C17H26N2O2/c1-12-6-8-16(9-7-13(12)2)18-10-14(3)19(15(4)11-18)17(20)21-5/h6-9,12,14-15H,10-11H2,1-5H3/t12-,14-,15-/m1/s1. The van der Waals surface area contributed by atoms with Crippen molar-refractivity contribution in [3.8, 4) is 0 Å². The van der Waals surface area contributed by atoms with Gasteiger partial charge in [-0.2, -0.15) is 0 Å². The SMILES string of the molecule is COC(=O)N1[C@H](C)CN(C2=CC=C(C)[C@H](C)C=C2)C[C@H]1C. The summed E-state index contributed by atoms with van der Waals surface area (Å²) in [6.07, 6.45) is 8.59. The lowest BCUT2D eigenvalue weighted by Crippen LogP contribution is -2.58. The zero-order chi connectivity index (χ0) is 15.6. The van der Waals surface area contributed by atoms with Crippen LogP contribution in [0, 0.1) is 5.92 Å². The molecule has 0 N–H and O–H groups in total. The molecule has 3 atom stereocenters. The molecule has 0 bridgehead atoms. The van der Waals surface area contributed by atoms with Crippen LogP contribution in [0.5, 0.6) is 0 Å². The predicted octanol–water partition coefficient (Wildman–Crippen LogP) is 3.18. The lowest BCUT2D eigenvalue weighted by Gasteiger charge is -2.44. The fourth-order valence-corrected chi connectivity index (χ4v) is 3.03. The number of piperazine rings is 1. The number of ether oxygens (including phenoxy) is 1. The zero-order valence-electron chi connectivity index (χ0n) is 13.7. The number of rotatable bonds is 1. The summed E-state index contributed by atoms with van der Waals surface area (Å²) < 4.78 is 4.89. The van der Waals surface area contributed by atoms with Crippen molar-refractivity contribution in [3.63, 3.8) is 0 Å². The van der Waals surface area contributed by atoms with Gasteiger partial charge in [-0.15, -0.1) is 0 Å². The van der Waals surface area contributed by atoms with Gasteiger partial charge < -0.3 is 9.64 Å². The molecule has 116 valence electrons. The van der Waals surface area contributed by atoms with Crippen molar-refractivity contribution in [2.24, 2.45) is 5.92 Å². The smallest absolute Gasteiger partial charge is 0.410 e. The van der Waals surface area contributed by atoms with Gasteiger partial charge in [0.25, 0.3) is 0 Å². The molecule has 0 aromatic carbocycles. The van der Waals surface area contributed by atoms with E-state index in [0.29, 0.717) is 5.92 Å². The average Bonchev–Trinajstić information content (AvgIpc) is 2.60. The first-order chi connectivity index (χ1) is 9.93. The molecule has 21 heavy (non-hydrogen) atoms. The Bertz CT molecular complexity index is 481. The Hall–Kier alpha value is -1.71. The lowest BCUT2D eigenvalue weighted by molar-refractivity contribution is 0.0451. The van der Waals surface area contributed by atoms with Crippen LogP contribution in [0.2, 0.25) is 0 Å². The van der Waals surface area contributed by atoms with Crippen LogP contribution >= 0.6 is 0 Å². The molecule has 1 saturated heterocycles. The minimum atomic E-state index is -0.232. The largest absolute Gasteiger partial charge is 0.453 e. The van der Waals surface area contributed by atoms with E-state index in [9.17, 15) is 4.79 Å². The quantitative estimate of drug-likeness (QED) is 0.743. The van der Waals surface area contributed by atoms with Crippen LogP contribution in [-0.2, 0) is 4.74 Å². The van der Waals surface area contributed by atoms with Crippen molar-refractivity contribution in [1.29, 1.82) is 0 Å². The zero-order valence-corrected chi connectivity index (χ0v) is 13.7. The second-order valence-electron chi connectivity index (χ2n) is 6.13. The summed E-state index contributed by atoms with van der Waals surface area (Å²) in [7, 11) is 1.44. The van der Waals surface area contributed by atoms with Gasteiger partial charge in [-0.05, 0) is 38.8 Å². The van der Waals surface area contributed by atoms with E-state index in [2.05, 4.69) is 56.9 Å². The van der Waals surface area contributed by atoms with Gasteiger partial charge in [0.1, 0.15) is 0 Å². The molecule has 0 aromatic rings. The number of carbonyl (C=O) groups excluding carboxylic acids is 1. The monoisotopic (exact) mass is 290 g/mol. The van der Waals surface area contributed by atoms with Gasteiger partial charge in [0.05, 0.1) is 19.2 Å². The predicted molar refractivity (Wildman–Crippen MR) is 84.9 cm³/mol. The van der Waals surface area contributed by atoms with Crippen LogP contribution in [0.15, 0.2) is 35.6 Å². The molecular formula is C17H26N2O2. The minimum Gasteiger partial charge on any atom is -0.453 e. The average molecular weight is 290 g/mol. The van der Waals surface area contributed by atoms with Gasteiger partial charge in [-0.1, -0.05) is 24.6 Å². The molecular weight excluding hydrogens is 264 g/mol. The normalized spacial score (nSPS) is 29.7. The number of nitrogens with zero attached hydrogens (tertiary/aromatic N) is 2. The number of methoxy groups -OCH3 is 1. The summed E-state index contributed by atoms with van der Waals surface area (Å²) >= 11 is 0. The molecule has 0 radical (unpaired) electrons. The van der Waals surface area contributed by atoms with Crippen molar-refractivity contribution in [2.75, 3.05) is 20.2 Å². The van der Waals surface area contributed by atoms with E-state index in [4.69, 9.17) is 4.74 Å². The summed E-state index contributed by atoms with van der Waals surface area (Å²) in [4.78, 5) is 16.0. The number of hydrogen-bond donors (Lipinski definition) is 0. The molecule has 1 aliphatic heterocycles. The first-order valence-corrected chi connectivity index (χ1v) is 7.62. The fourth-order valence-electron chi connectivity index (χ4n) is 3.03. The minimum absolute atomic E-state index is 0.140. The molecule has 0 unspecified atom stereocenters. The molecule has 2 aliphatic rings. The first-order valence-electron chi connectivity index (χ1n) is 7.62. The van der Waals surface area contributed by atoms with Gasteiger partial charge in [0.2, 0.25) is 0 Å². The van der Waals surface area contributed by atoms with Crippen LogP contribution in [0.3, 0.4) is 0 Å². The molecule has 0 saturated carbocycles. The maximum Gasteiger partial charge on any atom is 0.410 e. The van der Waals surface area contributed by atoms with Gasteiger partial charge >= 0.3 is 6.09 Å². The highest BCUT2D eigenvalue weighted by Gasteiger charge is 2.33. The highest BCUT2D eigenvalue weighted by molar-refractivity contribution is 5.68. The van der Waals surface area contributed by atoms with Gasteiger partial charge in [0.15, 0.2) is 0 Å². The highest BCUT2D eigenvalue weighted by atomic mass is 16.5. The maximum atomic E-state index is 11.9. The third-order valence-corrected chi connectivity index (χ3v) is 4.46. The van der Waals surface area contributed by atoms with Crippen molar-refractivity contribution in [2.45, 2.75) is 39.8 Å². The Balaban J connectivity index is 2.14. The third kappa shape index (κ3) is 3.31. The van der Waals surface area contributed by atoms with Crippen LogP contribution in [-0.4, -0.2) is 48.2 Å². The fraction of sp³-hybridized carbons (Fsp3) is 0.588.